The second kappa shape index (κ2) is 10.1. The fourth-order valence-electron chi connectivity index (χ4n) is 3.16. The number of halogens is 1. The Morgan fingerprint density at radius 3 is 2.37 bits per heavy atom. The number of benzene rings is 2. The van der Waals surface area contributed by atoms with E-state index in [2.05, 4.69) is 4.99 Å². The monoisotopic (exact) mass is 448 g/mol. The van der Waals surface area contributed by atoms with Crippen molar-refractivity contribution >= 4 is 40.1 Å². The third kappa shape index (κ3) is 4.84. The van der Waals surface area contributed by atoms with Gasteiger partial charge in [-0.3, -0.25) is 9.69 Å². The number of methoxy groups -OCH3 is 2. The predicted octanol–water partition coefficient (Wildman–Crippen LogP) is 4.95. The molecule has 0 spiro atoms. The molecule has 1 atom stereocenters. The van der Waals surface area contributed by atoms with Crippen LogP contribution in [0.1, 0.15) is 19.4 Å². The summed E-state index contributed by atoms with van der Waals surface area (Å²) in [5, 5.41) is 0.927. The lowest BCUT2D eigenvalue weighted by Gasteiger charge is -2.14. The standard InChI is InChI=1S/C22H25ClN2O4S/c1-5-25-21(26)20(12-14-11-18(27-3)19(28-4)13-17(14)23)30-22(25)24-15-7-9-16(10-8-15)29-6-2/h7-11,13,20H,5-6,12H2,1-4H3/t20-/m0/s1. The van der Waals surface area contributed by atoms with E-state index in [4.69, 9.17) is 25.8 Å². The zero-order valence-electron chi connectivity index (χ0n) is 17.5. The Morgan fingerprint density at radius 1 is 1.10 bits per heavy atom. The molecular weight excluding hydrogens is 424 g/mol. The molecule has 0 unspecified atom stereocenters. The van der Waals surface area contributed by atoms with Gasteiger partial charge in [0.15, 0.2) is 16.7 Å². The summed E-state index contributed by atoms with van der Waals surface area (Å²) in [6.07, 6.45) is 0.474. The minimum absolute atomic E-state index is 0.0260. The second-order valence-electron chi connectivity index (χ2n) is 6.51. The topological polar surface area (TPSA) is 60.4 Å². The van der Waals surface area contributed by atoms with Crippen LogP contribution in [0.4, 0.5) is 5.69 Å². The highest BCUT2D eigenvalue weighted by atomic mass is 35.5. The summed E-state index contributed by atoms with van der Waals surface area (Å²) < 4.78 is 16.1. The molecule has 0 radical (unpaired) electrons. The lowest BCUT2D eigenvalue weighted by molar-refractivity contribution is -0.126. The Morgan fingerprint density at radius 2 is 1.77 bits per heavy atom. The number of carbonyl (C=O) groups excluding carboxylic acids is 1. The van der Waals surface area contributed by atoms with Gasteiger partial charge in [-0.05, 0) is 56.2 Å². The number of amidine groups is 1. The maximum atomic E-state index is 13.0. The normalized spacial score (nSPS) is 17.5. The molecule has 1 fully saturated rings. The summed E-state index contributed by atoms with van der Waals surface area (Å²) in [6.45, 7) is 5.05. The Bertz CT molecular complexity index is 933. The predicted molar refractivity (Wildman–Crippen MR) is 122 cm³/mol. The van der Waals surface area contributed by atoms with Crippen LogP contribution >= 0.6 is 23.4 Å². The Kier molecular flexibility index (Phi) is 7.50. The maximum absolute atomic E-state index is 13.0. The Labute approximate surface area is 186 Å². The first-order valence-electron chi connectivity index (χ1n) is 9.70. The average molecular weight is 449 g/mol. The van der Waals surface area contributed by atoms with Gasteiger partial charge in [0.1, 0.15) is 5.75 Å². The van der Waals surface area contributed by atoms with E-state index in [0.717, 1.165) is 17.0 Å². The molecule has 2 aromatic carbocycles. The van der Waals surface area contributed by atoms with Crippen molar-refractivity contribution in [1.29, 1.82) is 0 Å². The van der Waals surface area contributed by atoms with Crippen LogP contribution in [-0.4, -0.2) is 48.6 Å². The molecule has 1 aliphatic heterocycles. The molecular formula is C22H25ClN2O4S. The molecule has 2 aromatic rings. The van der Waals surface area contributed by atoms with Gasteiger partial charge in [0.25, 0.3) is 0 Å². The van der Waals surface area contributed by atoms with Crippen LogP contribution in [0, 0.1) is 0 Å². The minimum Gasteiger partial charge on any atom is -0.494 e. The summed E-state index contributed by atoms with van der Waals surface area (Å²) in [7, 11) is 3.14. The molecule has 3 rings (SSSR count). The van der Waals surface area contributed by atoms with E-state index >= 15 is 0 Å². The maximum Gasteiger partial charge on any atom is 0.242 e. The molecule has 160 valence electrons. The number of ether oxygens (including phenoxy) is 3. The fourth-order valence-corrected chi connectivity index (χ4v) is 4.64. The van der Waals surface area contributed by atoms with Gasteiger partial charge in [0.2, 0.25) is 5.91 Å². The van der Waals surface area contributed by atoms with E-state index < -0.39 is 0 Å². The molecule has 0 aromatic heterocycles. The summed E-state index contributed by atoms with van der Waals surface area (Å²) in [6, 6.07) is 11.1. The third-order valence-electron chi connectivity index (χ3n) is 4.67. The van der Waals surface area contributed by atoms with E-state index in [9.17, 15) is 4.79 Å². The molecule has 8 heteroatoms. The zero-order valence-corrected chi connectivity index (χ0v) is 19.0. The number of nitrogens with zero attached hydrogens (tertiary/aromatic N) is 2. The first-order chi connectivity index (χ1) is 14.5. The molecule has 0 bridgehead atoms. The van der Waals surface area contributed by atoms with Crippen molar-refractivity contribution < 1.29 is 19.0 Å². The van der Waals surface area contributed by atoms with Crippen molar-refractivity contribution in [1.82, 2.24) is 4.90 Å². The molecule has 1 aliphatic rings. The molecule has 0 N–H and O–H groups in total. The lowest BCUT2D eigenvalue weighted by Crippen LogP contribution is -2.32. The van der Waals surface area contributed by atoms with Crippen molar-refractivity contribution in [3.63, 3.8) is 0 Å². The van der Waals surface area contributed by atoms with E-state index in [1.165, 1.54) is 11.8 Å². The van der Waals surface area contributed by atoms with Crippen LogP contribution in [0.3, 0.4) is 0 Å². The van der Waals surface area contributed by atoms with Crippen LogP contribution in [0.25, 0.3) is 0 Å². The number of rotatable bonds is 8. The van der Waals surface area contributed by atoms with Gasteiger partial charge in [-0.1, -0.05) is 23.4 Å². The minimum atomic E-state index is -0.304. The van der Waals surface area contributed by atoms with Crippen LogP contribution < -0.4 is 14.2 Å². The highest BCUT2D eigenvalue weighted by Gasteiger charge is 2.37. The zero-order chi connectivity index (χ0) is 21.7. The quantitative estimate of drug-likeness (QED) is 0.571. The number of thioether (sulfide) groups is 1. The summed E-state index contributed by atoms with van der Waals surface area (Å²) >= 11 is 7.88. The van der Waals surface area contributed by atoms with Crippen molar-refractivity contribution in [2.24, 2.45) is 4.99 Å². The average Bonchev–Trinajstić information content (AvgIpc) is 3.04. The number of aliphatic imine (C=N–C) groups is 1. The first kappa shape index (κ1) is 22.3. The van der Waals surface area contributed by atoms with Gasteiger partial charge >= 0.3 is 0 Å². The third-order valence-corrected chi connectivity index (χ3v) is 6.19. The Hall–Kier alpha value is -2.38. The smallest absolute Gasteiger partial charge is 0.242 e. The fraction of sp³-hybridized carbons (Fsp3) is 0.364. The van der Waals surface area contributed by atoms with Crippen LogP contribution in [0.5, 0.6) is 17.2 Å². The van der Waals surface area contributed by atoms with Crippen molar-refractivity contribution in [2.45, 2.75) is 25.5 Å². The highest BCUT2D eigenvalue weighted by Crippen LogP contribution is 2.37. The second-order valence-corrected chi connectivity index (χ2v) is 8.09. The van der Waals surface area contributed by atoms with Crippen molar-refractivity contribution in [2.75, 3.05) is 27.4 Å². The molecule has 1 saturated heterocycles. The highest BCUT2D eigenvalue weighted by molar-refractivity contribution is 8.15. The van der Waals surface area contributed by atoms with Crippen LogP contribution in [0.15, 0.2) is 41.4 Å². The molecule has 6 nitrogen and oxygen atoms in total. The summed E-state index contributed by atoms with van der Waals surface area (Å²) in [4.78, 5) is 19.4. The van der Waals surface area contributed by atoms with E-state index in [0.29, 0.717) is 41.3 Å². The van der Waals surface area contributed by atoms with E-state index in [1.54, 1.807) is 25.2 Å². The van der Waals surface area contributed by atoms with E-state index in [1.807, 2.05) is 44.2 Å². The molecule has 30 heavy (non-hydrogen) atoms. The summed E-state index contributed by atoms with van der Waals surface area (Å²) in [5.74, 6) is 1.97. The van der Waals surface area contributed by atoms with Gasteiger partial charge in [0, 0.05) is 17.6 Å². The number of amides is 1. The van der Waals surface area contributed by atoms with E-state index in [-0.39, 0.29) is 11.2 Å². The van der Waals surface area contributed by atoms with Gasteiger partial charge in [-0.25, -0.2) is 4.99 Å². The lowest BCUT2D eigenvalue weighted by atomic mass is 10.1. The van der Waals surface area contributed by atoms with Crippen molar-refractivity contribution in [3.8, 4) is 17.2 Å². The number of hydrogen-bond acceptors (Lipinski definition) is 6. The Balaban J connectivity index is 1.82. The van der Waals surface area contributed by atoms with Gasteiger partial charge in [-0.2, -0.15) is 0 Å². The molecule has 0 saturated carbocycles. The van der Waals surface area contributed by atoms with Crippen LogP contribution in [-0.2, 0) is 11.2 Å². The largest absolute Gasteiger partial charge is 0.494 e. The summed E-state index contributed by atoms with van der Waals surface area (Å²) in [5.41, 5.74) is 1.61. The van der Waals surface area contributed by atoms with Crippen LogP contribution in [0.2, 0.25) is 5.02 Å². The van der Waals surface area contributed by atoms with Crippen molar-refractivity contribution in [3.05, 3.63) is 47.0 Å². The number of carbonyl (C=O) groups is 1. The molecule has 1 amide bonds. The van der Waals surface area contributed by atoms with Gasteiger partial charge in [0.05, 0.1) is 31.8 Å². The van der Waals surface area contributed by atoms with Gasteiger partial charge in [-0.15, -0.1) is 0 Å². The molecule has 1 heterocycles. The first-order valence-corrected chi connectivity index (χ1v) is 11.0. The van der Waals surface area contributed by atoms with Gasteiger partial charge < -0.3 is 14.2 Å². The number of hydrogen-bond donors (Lipinski definition) is 0. The SMILES string of the molecule is CCOc1ccc(N=C2S[C@@H](Cc3cc(OC)c(OC)cc3Cl)C(=O)N2CC)cc1. The molecule has 0 aliphatic carbocycles.